The lowest BCUT2D eigenvalue weighted by molar-refractivity contribution is -0.384. The number of ether oxygens (including phenoxy) is 2. The quantitative estimate of drug-likeness (QED) is 0.0408. The molecule has 0 radical (unpaired) electrons. The Balaban J connectivity index is 0.842. The smallest absolute Gasteiger partial charge is 0.293 e. The molecule has 4 aromatic rings. The summed E-state index contributed by atoms with van der Waals surface area (Å²) in [5.74, 6) is -0.586. The van der Waals surface area contributed by atoms with Crippen molar-refractivity contribution in [2.45, 2.75) is 87.8 Å². The van der Waals surface area contributed by atoms with Crippen molar-refractivity contribution in [3.05, 3.63) is 87.7 Å². The number of nitro groups is 1. The number of aromatic amines is 1. The molecule has 4 saturated carbocycles. The van der Waals surface area contributed by atoms with Crippen LogP contribution in [0.25, 0.3) is 11.0 Å². The number of piperazine rings is 1. The average molecular weight is 898 g/mol. The highest BCUT2D eigenvalue weighted by Crippen LogP contribution is 2.75. The second-order valence-electron chi connectivity index (χ2n) is 20.4. The summed E-state index contributed by atoms with van der Waals surface area (Å²) in [5, 5.41) is 16.2. The molecule has 4 heterocycles. The number of carbonyl (C=O) groups is 1. The maximum Gasteiger partial charge on any atom is 0.293 e. The number of rotatable bonds is 14. The van der Waals surface area contributed by atoms with Gasteiger partial charge in [0, 0.05) is 86.8 Å². The third-order valence-electron chi connectivity index (χ3n) is 15.2. The van der Waals surface area contributed by atoms with Gasteiger partial charge >= 0.3 is 0 Å². The summed E-state index contributed by atoms with van der Waals surface area (Å²) in [5.41, 5.74) is 5.84. The Hall–Kier alpha value is -4.50. The van der Waals surface area contributed by atoms with E-state index in [1.54, 1.807) is 29.6 Å². The zero-order chi connectivity index (χ0) is 43.8. The summed E-state index contributed by atoms with van der Waals surface area (Å²) in [6, 6.07) is 12.8. The van der Waals surface area contributed by atoms with Gasteiger partial charge in [-0.15, -0.1) is 11.6 Å². The van der Waals surface area contributed by atoms with Gasteiger partial charge in [0.1, 0.15) is 28.6 Å². The molecule has 2 N–H and O–H groups in total. The van der Waals surface area contributed by atoms with Crippen LogP contribution in [0, 0.1) is 32.3 Å². The number of ketones is 1. The van der Waals surface area contributed by atoms with E-state index >= 15 is 0 Å². The van der Waals surface area contributed by atoms with Crippen molar-refractivity contribution < 1.29 is 27.6 Å². The highest BCUT2D eigenvalue weighted by molar-refractivity contribution is 7.92. The van der Waals surface area contributed by atoms with E-state index in [2.05, 4.69) is 38.9 Å². The Morgan fingerprint density at radius 2 is 1.79 bits per heavy atom. The van der Waals surface area contributed by atoms with E-state index in [-0.39, 0.29) is 32.5 Å². The van der Waals surface area contributed by atoms with Gasteiger partial charge in [-0.1, -0.05) is 25.0 Å². The van der Waals surface area contributed by atoms with Gasteiger partial charge < -0.3 is 24.7 Å². The third kappa shape index (κ3) is 8.37. The number of nitrogens with zero attached hydrogens (tertiary/aromatic N) is 4. The number of nitrogens with one attached hydrogen (secondary N) is 2. The van der Waals surface area contributed by atoms with E-state index in [0.29, 0.717) is 40.1 Å². The van der Waals surface area contributed by atoms with Crippen molar-refractivity contribution in [2.24, 2.45) is 22.2 Å². The Kier molecular flexibility index (Phi) is 10.7. The van der Waals surface area contributed by atoms with Crippen molar-refractivity contribution in [3.8, 4) is 11.5 Å². The first-order valence-corrected chi connectivity index (χ1v) is 24.6. The van der Waals surface area contributed by atoms with Gasteiger partial charge in [0.15, 0.2) is 15.6 Å². The van der Waals surface area contributed by atoms with Crippen LogP contribution in [-0.2, 0) is 14.6 Å². The summed E-state index contributed by atoms with van der Waals surface area (Å²) in [7, 11) is -4.29. The molecular formula is C48H57ClN6O7S. The number of alkyl halides is 1. The van der Waals surface area contributed by atoms with Gasteiger partial charge in [0.2, 0.25) is 0 Å². The van der Waals surface area contributed by atoms with Gasteiger partial charge in [-0.05, 0) is 123 Å². The Morgan fingerprint density at radius 1 is 1.03 bits per heavy atom. The predicted molar refractivity (Wildman–Crippen MR) is 244 cm³/mol. The lowest BCUT2D eigenvalue weighted by Gasteiger charge is -2.70. The molecule has 0 unspecified atom stereocenters. The molecule has 1 spiro atoms. The fourth-order valence-electron chi connectivity index (χ4n) is 11.7. The Bertz CT molecular complexity index is 2580. The number of carbonyl (C=O) groups excluding carboxylic acids is 1. The normalized spacial score (nSPS) is 25.6. The summed E-state index contributed by atoms with van der Waals surface area (Å²) in [6.07, 6.45) is 14.4. The molecule has 2 aliphatic heterocycles. The van der Waals surface area contributed by atoms with Crippen LogP contribution in [0.4, 0.5) is 17.1 Å². The van der Waals surface area contributed by atoms with Crippen LogP contribution < -0.4 is 15.0 Å². The highest BCUT2D eigenvalue weighted by Gasteiger charge is 2.69. The number of nitro benzene ring substituents is 1. The average Bonchev–Trinajstić information content (AvgIpc) is 3.70. The van der Waals surface area contributed by atoms with Crippen molar-refractivity contribution in [3.63, 3.8) is 0 Å². The van der Waals surface area contributed by atoms with Crippen LogP contribution in [-0.4, -0.2) is 97.1 Å². The minimum Gasteiger partial charge on any atom is -0.455 e. The zero-order valence-electron chi connectivity index (χ0n) is 36.2. The Labute approximate surface area is 374 Å². The first-order chi connectivity index (χ1) is 30.1. The van der Waals surface area contributed by atoms with E-state index in [1.165, 1.54) is 25.0 Å². The maximum atomic E-state index is 14.1. The second-order valence-corrected chi connectivity index (χ2v) is 23.2. The minimum atomic E-state index is -4.29. The number of allylic oxidation sites excluding steroid dienone is 1. The molecule has 5 aliphatic carbocycles. The van der Waals surface area contributed by atoms with Gasteiger partial charge in [0.05, 0.1) is 21.6 Å². The van der Waals surface area contributed by atoms with E-state index < -0.39 is 26.3 Å². The molecule has 2 bridgehead atoms. The van der Waals surface area contributed by atoms with Crippen molar-refractivity contribution in [2.75, 3.05) is 68.5 Å². The minimum absolute atomic E-state index is 0.0470. The first-order valence-electron chi connectivity index (χ1n) is 22.6. The fraction of sp³-hybridized carbons (Fsp3) is 0.542. The molecule has 2 aromatic heterocycles. The van der Waals surface area contributed by atoms with E-state index in [9.17, 15) is 23.3 Å². The number of aromatic nitrogens is 2. The molecular weight excluding hydrogens is 840 g/mol. The maximum absolute atomic E-state index is 14.1. The van der Waals surface area contributed by atoms with E-state index in [4.69, 9.17) is 21.1 Å². The number of H-pyrrole nitrogens is 1. The number of halogens is 1. The fourth-order valence-corrected chi connectivity index (χ4v) is 13.7. The van der Waals surface area contributed by atoms with Crippen LogP contribution in [0.3, 0.4) is 0 Å². The molecule has 0 atom stereocenters. The third-order valence-corrected chi connectivity index (χ3v) is 17.3. The monoisotopic (exact) mass is 896 g/mol. The molecule has 6 fully saturated rings. The van der Waals surface area contributed by atoms with Crippen molar-refractivity contribution in [1.82, 2.24) is 14.9 Å². The van der Waals surface area contributed by atoms with Gasteiger partial charge in [-0.3, -0.25) is 19.8 Å². The van der Waals surface area contributed by atoms with Crippen LogP contribution >= 0.6 is 11.6 Å². The number of Topliss-reactive ketones (excluding diaryl/α,β-unsaturated/α-hetero) is 1. The van der Waals surface area contributed by atoms with E-state index in [1.807, 2.05) is 24.3 Å². The standard InChI is InChI=1S/C48H57ClN6O7S/c1-45(2)9-7-34(39(24-45)47-29-48(49,30-47)31-47)27-53-13-15-54(16-14-53)35-3-5-38(43(20-35)62-36-19-33-8-12-50-44(33)52-26-36)42(56)28-63(59,60)37-4-6-40(41(21-37)55(57)58)51-25-32-22-46(23-32)10-17-61-18-11-46/h3-6,8,12,19-21,26,32,51H,7,9-11,13-18,22-25,27-31H2,1-2H3,(H,50,52). The van der Waals surface area contributed by atoms with Crippen LogP contribution in [0.15, 0.2) is 77.0 Å². The molecule has 2 aromatic carbocycles. The lowest BCUT2D eigenvalue weighted by Crippen LogP contribution is -2.65. The van der Waals surface area contributed by atoms with Crippen LogP contribution in [0.2, 0.25) is 0 Å². The van der Waals surface area contributed by atoms with Crippen molar-refractivity contribution >= 4 is 55.3 Å². The van der Waals surface area contributed by atoms with Gasteiger partial charge in [-0.25, -0.2) is 13.4 Å². The topological polar surface area (TPSA) is 160 Å². The molecule has 13 nitrogen and oxygen atoms in total. The lowest BCUT2D eigenvalue weighted by atomic mass is 9.39. The number of benzene rings is 2. The van der Waals surface area contributed by atoms with Gasteiger partial charge in [-0.2, -0.15) is 0 Å². The molecule has 15 heteroatoms. The number of anilines is 2. The Morgan fingerprint density at radius 3 is 2.52 bits per heavy atom. The predicted octanol–water partition coefficient (Wildman–Crippen LogP) is 9.33. The van der Waals surface area contributed by atoms with Crippen LogP contribution in [0.5, 0.6) is 11.5 Å². The zero-order valence-corrected chi connectivity index (χ0v) is 37.8. The SMILES string of the molecule is CC1(C)CCC(CN2CCN(c3ccc(C(=O)CS(=O)(=O)c4ccc(NCC5CC6(CCOCC6)C5)c([N+](=O)[O-])c4)c(Oc4cnc5[nH]ccc5c4)c3)CC2)=C(C23CC(Cl)(C2)C3)C1. The summed E-state index contributed by atoms with van der Waals surface area (Å²) in [6.45, 7) is 11.2. The summed E-state index contributed by atoms with van der Waals surface area (Å²) in [4.78, 5) is 37.8. The molecule has 7 aliphatic rings. The molecule has 11 rings (SSSR count). The van der Waals surface area contributed by atoms with E-state index in [0.717, 1.165) is 114 Å². The van der Waals surface area contributed by atoms with Crippen LogP contribution in [0.1, 0.15) is 88.4 Å². The number of hydrogen-bond donors (Lipinski definition) is 2. The first kappa shape index (κ1) is 42.5. The number of fused-ring (bicyclic) bond motifs is 1. The summed E-state index contributed by atoms with van der Waals surface area (Å²) >= 11 is 6.75. The van der Waals surface area contributed by atoms with Gasteiger partial charge in [0.25, 0.3) is 5.69 Å². The summed E-state index contributed by atoms with van der Waals surface area (Å²) < 4.78 is 39.6. The number of pyridine rings is 1. The number of hydrogen-bond acceptors (Lipinski definition) is 11. The molecule has 63 heavy (non-hydrogen) atoms. The van der Waals surface area contributed by atoms with Crippen molar-refractivity contribution in [1.29, 1.82) is 0 Å². The number of sulfone groups is 1. The molecule has 0 amide bonds. The molecule has 2 saturated heterocycles. The largest absolute Gasteiger partial charge is 0.455 e. The molecule has 334 valence electrons. The second kappa shape index (κ2) is 15.9. The highest BCUT2D eigenvalue weighted by atomic mass is 35.5.